The Balaban J connectivity index is 1.76. The lowest BCUT2D eigenvalue weighted by molar-refractivity contribution is 0.207. The lowest BCUT2D eigenvalue weighted by Crippen LogP contribution is -2.34. The normalized spacial score (nSPS) is 17.5. The number of likely N-dealkylation sites (tertiary alicyclic amines) is 1. The number of carbonyl (C=O) groups excluding carboxylic acids is 1. The van der Waals surface area contributed by atoms with Gasteiger partial charge in [-0.05, 0) is 42.7 Å². The van der Waals surface area contributed by atoms with Crippen molar-refractivity contribution in [3.05, 3.63) is 58.3 Å². The maximum absolute atomic E-state index is 12.5. The van der Waals surface area contributed by atoms with Crippen LogP contribution in [0.1, 0.15) is 24.4 Å². The standard InChI is InChI=1S/C16H15Cl2N3O/c17-12-5-6-14(13(18)9-12)20-16(22)21-8-2-4-15(21)11-3-1-7-19-10-11/h1,3,5-7,9-10,15H,2,4,8H2,(H,20,22)/t15-/m0/s1. The molecule has 1 fully saturated rings. The number of halogens is 2. The van der Waals surface area contributed by atoms with E-state index in [-0.39, 0.29) is 12.1 Å². The predicted molar refractivity (Wildman–Crippen MR) is 88.4 cm³/mol. The Labute approximate surface area is 139 Å². The molecule has 0 bridgehead atoms. The number of hydrogen-bond donors (Lipinski definition) is 1. The molecule has 2 aromatic rings. The van der Waals surface area contributed by atoms with Crippen molar-refractivity contribution < 1.29 is 4.79 Å². The summed E-state index contributed by atoms with van der Waals surface area (Å²) in [6, 6.07) is 8.80. The molecule has 1 saturated heterocycles. The number of nitrogens with one attached hydrogen (secondary N) is 1. The van der Waals surface area contributed by atoms with Gasteiger partial charge in [0.15, 0.2) is 0 Å². The fourth-order valence-corrected chi connectivity index (χ4v) is 3.16. The highest BCUT2D eigenvalue weighted by molar-refractivity contribution is 6.36. The molecule has 0 radical (unpaired) electrons. The van der Waals surface area contributed by atoms with Crippen molar-refractivity contribution >= 4 is 34.9 Å². The van der Waals surface area contributed by atoms with E-state index in [4.69, 9.17) is 23.2 Å². The molecule has 0 aliphatic carbocycles. The minimum absolute atomic E-state index is 0.0553. The van der Waals surface area contributed by atoms with Gasteiger partial charge >= 0.3 is 6.03 Å². The number of hydrogen-bond acceptors (Lipinski definition) is 2. The number of nitrogens with zero attached hydrogens (tertiary/aromatic N) is 2. The van der Waals surface area contributed by atoms with Gasteiger partial charge in [0.2, 0.25) is 0 Å². The number of urea groups is 1. The van der Waals surface area contributed by atoms with E-state index in [1.165, 1.54) is 0 Å². The van der Waals surface area contributed by atoms with Gasteiger partial charge in [-0.15, -0.1) is 0 Å². The van der Waals surface area contributed by atoms with Crippen LogP contribution in [0.3, 0.4) is 0 Å². The summed E-state index contributed by atoms with van der Waals surface area (Å²) in [5, 5.41) is 3.82. The Bertz CT molecular complexity index is 678. The van der Waals surface area contributed by atoms with Gasteiger partial charge in [0.05, 0.1) is 16.8 Å². The molecule has 1 aliphatic heterocycles. The van der Waals surface area contributed by atoms with Gasteiger partial charge in [-0.1, -0.05) is 29.3 Å². The highest BCUT2D eigenvalue weighted by Gasteiger charge is 2.30. The number of carbonyl (C=O) groups is 1. The molecular formula is C16H15Cl2N3O. The molecule has 6 heteroatoms. The van der Waals surface area contributed by atoms with E-state index in [0.29, 0.717) is 15.7 Å². The Hall–Kier alpha value is -1.78. The number of rotatable bonds is 2. The third-order valence-corrected chi connectivity index (χ3v) is 4.30. The van der Waals surface area contributed by atoms with Crippen LogP contribution in [0.2, 0.25) is 10.0 Å². The van der Waals surface area contributed by atoms with Crippen LogP contribution in [0.15, 0.2) is 42.7 Å². The summed E-state index contributed by atoms with van der Waals surface area (Å²) in [4.78, 5) is 18.5. The highest BCUT2D eigenvalue weighted by Crippen LogP contribution is 2.33. The summed E-state index contributed by atoms with van der Waals surface area (Å²) in [7, 11) is 0. The second-order valence-corrected chi connectivity index (χ2v) is 6.04. The summed E-state index contributed by atoms with van der Waals surface area (Å²) < 4.78 is 0. The number of amides is 2. The topological polar surface area (TPSA) is 45.2 Å². The molecule has 4 nitrogen and oxygen atoms in total. The van der Waals surface area contributed by atoms with Crippen LogP contribution >= 0.6 is 23.2 Å². The monoisotopic (exact) mass is 335 g/mol. The number of aromatic nitrogens is 1. The zero-order chi connectivity index (χ0) is 15.5. The minimum Gasteiger partial charge on any atom is -0.317 e. The second kappa shape index (κ2) is 6.55. The first-order valence-electron chi connectivity index (χ1n) is 7.08. The van der Waals surface area contributed by atoms with E-state index in [1.807, 2.05) is 23.2 Å². The van der Waals surface area contributed by atoms with Crippen molar-refractivity contribution in [2.75, 3.05) is 11.9 Å². The van der Waals surface area contributed by atoms with Crippen LogP contribution in [0.5, 0.6) is 0 Å². The summed E-state index contributed by atoms with van der Waals surface area (Å²) >= 11 is 12.0. The van der Waals surface area contributed by atoms with Crippen LogP contribution < -0.4 is 5.32 Å². The molecule has 0 unspecified atom stereocenters. The van der Waals surface area contributed by atoms with Gasteiger partial charge in [0, 0.05) is 24.0 Å². The van der Waals surface area contributed by atoms with Crippen molar-refractivity contribution in [2.45, 2.75) is 18.9 Å². The van der Waals surface area contributed by atoms with E-state index < -0.39 is 0 Å². The number of benzene rings is 1. The van der Waals surface area contributed by atoms with Gasteiger partial charge in [-0.3, -0.25) is 4.98 Å². The third kappa shape index (κ3) is 3.18. The van der Waals surface area contributed by atoms with Gasteiger partial charge in [0.1, 0.15) is 0 Å². The number of pyridine rings is 1. The molecule has 2 amide bonds. The lowest BCUT2D eigenvalue weighted by Gasteiger charge is -2.25. The van der Waals surface area contributed by atoms with Crippen LogP contribution in [-0.4, -0.2) is 22.5 Å². The van der Waals surface area contributed by atoms with Crippen molar-refractivity contribution in [3.63, 3.8) is 0 Å². The fourth-order valence-electron chi connectivity index (χ4n) is 2.71. The molecule has 1 N–H and O–H groups in total. The number of anilines is 1. The molecule has 2 heterocycles. The Morgan fingerprint density at radius 3 is 2.91 bits per heavy atom. The van der Waals surface area contributed by atoms with Crippen LogP contribution in [0.25, 0.3) is 0 Å². The first kappa shape index (κ1) is 15.1. The second-order valence-electron chi connectivity index (χ2n) is 5.19. The Kier molecular flexibility index (Phi) is 4.50. The predicted octanol–water partition coefficient (Wildman–Crippen LogP) is 4.76. The SMILES string of the molecule is O=C(Nc1ccc(Cl)cc1Cl)N1CCC[C@H]1c1cccnc1. The van der Waals surface area contributed by atoms with Crippen molar-refractivity contribution in [3.8, 4) is 0 Å². The maximum Gasteiger partial charge on any atom is 0.322 e. The molecule has 1 aromatic heterocycles. The average Bonchev–Trinajstić information content (AvgIpc) is 3.00. The van der Waals surface area contributed by atoms with Gasteiger partial charge < -0.3 is 10.2 Å². The summed E-state index contributed by atoms with van der Waals surface area (Å²) in [5.74, 6) is 0. The van der Waals surface area contributed by atoms with Crippen LogP contribution in [-0.2, 0) is 0 Å². The smallest absolute Gasteiger partial charge is 0.317 e. The zero-order valence-electron chi connectivity index (χ0n) is 11.8. The highest BCUT2D eigenvalue weighted by atomic mass is 35.5. The molecule has 1 atom stereocenters. The van der Waals surface area contributed by atoms with Gasteiger partial charge in [-0.2, -0.15) is 0 Å². The first-order chi connectivity index (χ1) is 10.6. The first-order valence-corrected chi connectivity index (χ1v) is 7.83. The molecule has 3 rings (SSSR count). The van der Waals surface area contributed by atoms with E-state index in [0.717, 1.165) is 24.9 Å². The van der Waals surface area contributed by atoms with E-state index in [2.05, 4.69) is 10.3 Å². The van der Waals surface area contributed by atoms with Crippen molar-refractivity contribution in [2.24, 2.45) is 0 Å². The summed E-state index contributed by atoms with van der Waals surface area (Å²) in [5.41, 5.74) is 1.62. The van der Waals surface area contributed by atoms with Crippen molar-refractivity contribution in [1.82, 2.24) is 9.88 Å². The largest absolute Gasteiger partial charge is 0.322 e. The van der Waals surface area contributed by atoms with E-state index in [9.17, 15) is 4.79 Å². The molecule has 114 valence electrons. The summed E-state index contributed by atoms with van der Waals surface area (Å²) in [6.07, 6.45) is 5.46. The fraction of sp³-hybridized carbons (Fsp3) is 0.250. The van der Waals surface area contributed by atoms with Crippen LogP contribution in [0, 0.1) is 0 Å². The van der Waals surface area contributed by atoms with Gasteiger partial charge in [-0.25, -0.2) is 4.79 Å². The van der Waals surface area contributed by atoms with Crippen LogP contribution in [0.4, 0.5) is 10.5 Å². The molecule has 0 saturated carbocycles. The molecule has 1 aliphatic rings. The average molecular weight is 336 g/mol. The van der Waals surface area contributed by atoms with E-state index >= 15 is 0 Å². The summed E-state index contributed by atoms with van der Waals surface area (Å²) in [6.45, 7) is 0.719. The maximum atomic E-state index is 12.5. The quantitative estimate of drug-likeness (QED) is 0.860. The van der Waals surface area contributed by atoms with E-state index in [1.54, 1.807) is 24.4 Å². The van der Waals surface area contributed by atoms with Crippen molar-refractivity contribution in [1.29, 1.82) is 0 Å². The zero-order valence-corrected chi connectivity index (χ0v) is 13.3. The molecule has 0 spiro atoms. The molecule has 22 heavy (non-hydrogen) atoms. The molecular weight excluding hydrogens is 321 g/mol. The van der Waals surface area contributed by atoms with Gasteiger partial charge in [0.25, 0.3) is 0 Å². The Morgan fingerprint density at radius 1 is 1.32 bits per heavy atom. The lowest BCUT2D eigenvalue weighted by atomic mass is 10.1. The third-order valence-electron chi connectivity index (χ3n) is 3.76. The Morgan fingerprint density at radius 2 is 2.18 bits per heavy atom. The minimum atomic E-state index is -0.157. The molecule has 1 aromatic carbocycles.